The molecule has 0 amide bonds. The molecule has 1 heterocycles. The average Bonchev–Trinajstić information content (AvgIpc) is 3.07. The van der Waals surface area contributed by atoms with E-state index in [1.165, 1.54) is 0 Å². The van der Waals surface area contributed by atoms with Gasteiger partial charge in [0.05, 0.1) is 0 Å². The summed E-state index contributed by atoms with van der Waals surface area (Å²) < 4.78 is 0. The monoisotopic (exact) mass is 271 g/mol. The van der Waals surface area contributed by atoms with Crippen molar-refractivity contribution in [3.05, 3.63) is 5.28 Å². The van der Waals surface area contributed by atoms with Crippen LogP contribution in [0.2, 0.25) is 5.28 Å². The van der Waals surface area contributed by atoms with Crippen LogP contribution in [0, 0.1) is 0 Å². The first-order valence-corrected chi connectivity index (χ1v) is 6.15. The molecule has 1 aliphatic rings. The molecule has 1 aromatic rings. The van der Waals surface area contributed by atoms with Crippen LogP contribution in [-0.2, 0) is 4.79 Å². The van der Waals surface area contributed by atoms with Crippen LogP contribution in [0.3, 0.4) is 0 Å². The molecule has 1 saturated carbocycles. The fraction of sp³-hybridized carbons (Fsp3) is 0.600. The molecule has 1 fully saturated rings. The Morgan fingerprint density at radius 3 is 2.72 bits per heavy atom. The first-order valence-electron chi connectivity index (χ1n) is 5.77. The predicted octanol–water partition coefficient (Wildman–Crippen LogP) is 1.38. The Morgan fingerprint density at radius 2 is 2.06 bits per heavy atom. The molecular formula is C10H14ClN5O2. The molecule has 0 spiro atoms. The fourth-order valence-electron chi connectivity index (χ4n) is 1.34. The fourth-order valence-corrected chi connectivity index (χ4v) is 1.50. The van der Waals surface area contributed by atoms with Crippen LogP contribution in [-0.4, -0.2) is 38.6 Å². The van der Waals surface area contributed by atoms with Gasteiger partial charge in [0, 0.05) is 19.0 Å². The van der Waals surface area contributed by atoms with Crippen molar-refractivity contribution < 1.29 is 9.90 Å². The van der Waals surface area contributed by atoms with Gasteiger partial charge in [0.2, 0.25) is 17.2 Å². The Hall–Kier alpha value is -1.63. The number of carbonyl (C=O) groups is 1. The van der Waals surface area contributed by atoms with Gasteiger partial charge in [-0.15, -0.1) is 0 Å². The number of rotatable bonds is 7. The molecule has 0 unspecified atom stereocenters. The molecular weight excluding hydrogens is 258 g/mol. The number of carboxylic acids is 1. The molecule has 0 atom stereocenters. The van der Waals surface area contributed by atoms with Crippen LogP contribution < -0.4 is 10.6 Å². The maximum Gasteiger partial charge on any atom is 0.303 e. The number of hydrogen-bond acceptors (Lipinski definition) is 6. The summed E-state index contributed by atoms with van der Waals surface area (Å²) in [4.78, 5) is 22.4. The summed E-state index contributed by atoms with van der Waals surface area (Å²) in [6, 6.07) is 0.434. The maximum absolute atomic E-state index is 10.3. The van der Waals surface area contributed by atoms with Crippen LogP contribution in [0.25, 0.3) is 0 Å². The van der Waals surface area contributed by atoms with Crippen LogP contribution >= 0.6 is 11.6 Å². The summed E-state index contributed by atoms with van der Waals surface area (Å²) >= 11 is 5.78. The summed E-state index contributed by atoms with van der Waals surface area (Å²) in [5.74, 6) is 0.00309. The predicted molar refractivity (Wildman–Crippen MR) is 66.8 cm³/mol. The van der Waals surface area contributed by atoms with Crippen molar-refractivity contribution in [1.29, 1.82) is 0 Å². The number of aliphatic carboxylic acids is 1. The number of carboxylic acid groups (broad SMARTS) is 1. The van der Waals surface area contributed by atoms with E-state index >= 15 is 0 Å². The highest BCUT2D eigenvalue weighted by molar-refractivity contribution is 6.28. The topological polar surface area (TPSA) is 100 Å². The molecule has 98 valence electrons. The number of hydrogen-bond donors (Lipinski definition) is 3. The number of anilines is 2. The molecule has 2 rings (SSSR count). The highest BCUT2D eigenvalue weighted by atomic mass is 35.5. The van der Waals surface area contributed by atoms with Crippen LogP contribution in [0.15, 0.2) is 0 Å². The number of nitrogens with zero attached hydrogens (tertiary/aromatic N) is 3. The van der Waals surface area contributed by atoms with E-state index in [4.69, 9.17) is 16.7 Å². The van der Waals surface area contributed by atoms with Gasteiger partial charge in [-0.1, -0.05) is 0 Å². The van der Waals surface area contributed by atoms with E-state index < -0.39 is 5.97 Å². The van der Waals surface area contributed by atoms with Gasteiger partial charge in [0.25, 0.3) is 0 Å². The highest BCUT2D eigenvalue weighted by Gasteiger charge is 2.22. The third kappa shape index (κ3) is 4.33. The largest absolute Gasteiger partial charge is 0.481 e. The minimum Gasteiger partial charge on any atom is -0.481 e. The first kappa shape index (κ1) is 12.8. The van der Waals surface area contributed by atoms with Gasteiger partial charge < -0.3 is 15.7 Å². The third-order valence-electron chi connectivity index (χ3n) is 2.37. The summed E-state index contributed by atoms with van der Waals surface area (Å²) in [7, 11) is 0. The second-order valence-electron chi connectivity index (χ2n) is 4.09. The molecule has 1 aliphatic carbocycles. The second-order valence-corrected chi connectivity index (χ2v) is 4.43. The lowest BCUT2D eigenvalue weighted by Crippen LogP contribution is -2.11. The Morgan fingerprint density at radius 1 is 1.33 bits per heavy atom. The quantitative estimate of drug-likeness (QED) is 0.644. The van der Waals surface area contributed by atoms with Crippen molar-refractivity contribution in [1.82, 2.24) is 15.0 Å². The van der Waals surface area contributed by atoms with Gasteiger partial charge in [-0.05, 0) is 30.9 Å². The van der Waals surface area contributed by atoms with Crippen molar-refractivity contribution in [2.75, 3.05) is 17.2 Å². The van der Waals surface area contributed by atoms with E-state index in [-0.39, 0.29) is 11.7 Å². The normalized spacial score (nSPS) is 14.3. The zero-order chi connectivity index (χ0) is 13.0. The number of halogens is 1. The molecule has 1 aromatic heterocycles. The standard InChI is InChI=1S/C10H14ClN5O2/c11-8-14-9(12-5-1-2-7(17)18)16-10(15-8)13-6-3-4-6/h6H,1-5H2,(H,17,18)(H2,12,13,14,15,16). The summed E-state index contributed by atoms with van der Waals surface area (Å²) in [5.41, 5.74) is 0. The molecule has 7 nitrogen and oxygen atoms in total. The maximum atomic E-state index is 10.3. The second kappa shape index (κ2) is 5.81. The Kier molecular flexibility index (Phi) is 4.14. The van der Waals surface area contributed by atoms with Crippen molar-refractivity contribution in [3.8, 4) is 0 Å². The third-order valence-corrected chi connectivity index (χ3v) is 2.54. The van der Waals surface area contributed by atoms with Gasteiger partial charge in [-0.25, -0.2) is 0 Å². The lowest BCUT2D eigenvalue weighted by atomic mass is 10.3. The minimum atomic E-state index is -0.818. The van der Waals surface area contributed by atoms with Crippen molar-refractivity contribution in [3.63, 3.8) is 0 Å². The van der Waals surface area contributed by atoms with Gasteiger partial charge in [-0.3, -0.25) is 4.79 Å². The highest BCUT2D eigenvalue weighted by Crippen LogP contribution is 2.23. The molecule has 0 radical (unpaired) electrons. The molecule has 8 heteroatoms. The average molecular weight is 272 g/mol. The molecule has 3 N–H and O–H groups in total. The lowest BCUT2D eigenvalue weighted by molar-refractivity contribution is -0.137. The van der Waals surface area contributed by atoms with Crippen molar-refractivity contribution in [2.24, 2.45) is 0 Å². The van der Waals surface area contributed by atoms with Gasteiger partial charge in [0.1, 0.15) is 0 Å². The van der Waals surface area contributed by atoms with E-state index in [0.29, 0.717) is 30.9 Å². The Balaban J connectivity index is 1.86. The zero-order valence-corrected chi connectivity index (χ0v) is 10.4. The summed E-state index contributed by atoms with van der Waals surface area (Å²) in [6.45, 7) is 0.482. The molecule has 18 heavy (non-hydrogen) atoms. The lowest BCUT2D eigenvalue weighted by Gasteiger charge is -2.07. The molecule has 0 bridgehead atoms. The van der Waals surface area contributed by atoms with Crippen LogP contribution in [0.4, 0.5) is 11.9 Å². The Labute approximate surface area is 109 Å². The summed E-state index contributed by atoms with van der Waals surface area (Å²) in [6.07, 6.45) is 2.85. The molecule has 0 aliphatic heterocycles. The van der Waals surface area contributed by atoms with E-state index in [1.54, 1.807) is 0 Å². The number of nitrogens with one attached hydrogen (secondary N) is 2. The van der Waals surface area contributed by atoms with Crippen LogP contribution in [0.1, 0.15) is 25.7 Å². The molecule has 0 saturated heterocycles. The van der Waals surface area contributed by atoms with Gasteiger partial charge in [-0.2, -0.15) is 15.0 Å². The van der Waals surface area contributed by atoms with Crippen molar-refractivity contribution in [2.45, 2.75) is 31.7 Å². The van der Waals surface area contributed by atoms with E-state index in [0.717, 1.165) is 12.8 Å². The smallest absolute Gasteiger partial charge is 0.303 e. The van der Waals surface area contributed by atoms with Crippen LogP contribution in [0.5, 0.6) is 0 Å². The van der Waals surface area contributed by atoms with E-state index in [1.807, 2.05) is 0 Å². The zero-order valence-electron chi connectivity index (χ0n) is 9.69. The molecule has 0 aromatic carbocycles. The van der Waals surface area contributed by atoms with Gasteiger partial charge >= 0.3 is 5.97 Å². The van der Waals surface area contributed by atoms with Crippen molar-refractivity contribution >= 4 is 29.5 Å². The Bertz CT molecular complexity index is 438. The van der Waals surface area contributed by atoms with E-state index in [2.05, 4.69) is 25.6 Å². The minimum absolute atomic E-state index is 0.110. The SMILES string of the molecule is O=C(O)CCCNc1nc(Cl)nc(NC2CC2)n1. The van der Waals surface area contributed by atoms with Gasteiger partial charge in [0.15, 0.2) is 0 Å². The first-order chi connectivity index (χ1) is 8.63. The van der Waals surface area contributed by atoms with E-state index in [9.17, 15) is 4.79 Å². The number of aromatic nitrogens is 3. The summed E-state index contributed by atoms with van der Waals surface area (Å²) in [5, 5.41) is 14.7.